The lowest BCUT2D eigenvalue weighted by molar-refractivity contribution is -0.120. The van der Waals surface area contributed by atoms with Crippen LogP contribution in [0.25, 0.3) is 0 Å². The van der Waals surface area contributed by atoms with Crippen LogP contribution in [0.3, 0.4) is 0 Å². The molecule has 0 aromatic rings. The van der Waals surface area contributed by atoms with E-state index in [1.165, 1.54) is 6.42 Å². The summed E-state index contributed by atoms with van der Waals surface area (Å²) in [6, 6.07) is 0.389. The lowest BCUT2D eigenvalue weighted by Crippen LogP contribution is -2.39. The fourth-order valence-corrected chi connectivity index (χ4v) is 2.65. The van der Waals surface area contributed by atoms with Gasteiger partial charge in [-0.3, -0.25) is 4.79 Å². The van der Waals surface area contributed by atoms with Crippen molar-refractivity contribution in [3.8, 4) is 0 Å². The SMILES string of the molecule is C=CCNCC(=O)NC1CCC(SC)C1. The van der Waals surface area contributed by atoms with Gasteiger partial charge in [-0.2, -0.15) is 11.8 Å². The van der Waals surface area contributed by atoms with E-state index in [0.29, 0.717) is 19.1 Å². The van der Waals surface area contributed by atoms with E-state index in [2.05, 4.69) is 23.5 Å². The van der Waals surface area contributed by atoms with Gasteiger partial charge in [-0.05, 0) is 25.5 Å². The molecule has 1 aliphatic rings. The van der Waals surface area contributed by atoms with Crippen molar-refractivity contribution in [1.29, 1.82) is 0 Å². The van der Waals surface area contributed by atoms with Crippen LogP contribution in [0.15, 0.2) is 12.7 Å². The van der Waals surface area contributed by atoms with Gasteiger partial charge in [0.2, 0.25) is 5.91 Å². The Hall–Kier alpha value is -0.480. The number of thioether (sulfide) groups is 1. The maximum Gasteiger partial charge on any atom is 0.234 e. The van der Waals surface area contributed by atoms with Crippen LogP contribution < -0.4 is 10.6 Å². The Labute approximate surface area is 96.1 Å². The summed E-state index contributed by atoms with van der Waals surface area (Å²) in [6.45, 7) is 4.67. The standard InChI is InChI=1S/C11H20N2OS/c1-3-6-12-8-11(14)13-9-4-5-10(7-9)15-2/h3,9-10,12H,1,4-8H2,2H3,(H,13,14). The topological polar surface area (TPSA) is 41.1 Å². The minimum Gasteiger partial charge on any atom is -0.352 e. The van der Waals surface area contributed by atoms with E-state index in [9.17, 15) is 4.79 Å². The Morgan fingerprint density at radius 1 is 1.60 bits per heavy atom. The maximum absolute atomic E-state index is 11.5. The van der Waals surface area contributed by atoms with Crippen LogP contribution >= 0.6 is 11.8 Å². The van der Waals surface area contributed by atoms with Crippen molar-refractivity contribution in [1.82, 2.24) is 10.6 Å². The molecule has 1 amide bonds. The van der Waals surface area contributed by atoms with E-state index >= 15 is 0 Å². The predicted molar refractivity (Wildman–Crippen MR) is 66.2 cm³/mol. The van der Waals surface area contributed by atoms with Crippen molar-refractivity contribution in [2.24, 2.45) is 0 Å². The van der Waals surface area contributed by atoms with Crippen molar-refractivity contribution in [3.63, 3.8) is 0 Å². The molecule has 0 bridgehead atoms. The zero-order chi connectivity index (χ0) is 11.1. The molecule has 1 aliphatic carbocycles. The van der Waals surface area contributed by atoms with Crippen molar-refractivity contribution >= 4 is 17.7 Å². The maximum atomic E-state index is 11.5. The molecule has 1 rings (SSSR count). The van der Waals surface area contributed by atoms with Crippen molar-refractivity contribution < 1.29 is 4.79 Å². The van der Waals surface area contributed by atoms with Gasteiger partial charge in [-0.15, -0.1) is 6.58 Å². The third kappa shape index (κ3) is 4.71. The summed E-state index contributed by atoms with van der Waals surface area (Å²) < 4.78 is 0. The zero-order valence-electron chi connectivity index (χ0n) is 9.29. The molecule has 4 heteroatoms. The van der Waals surface area contributed by atoms with Crippen LogP contribution in [0, 0.1) is 0 Å². The van der Waals surface area contributed by atoms with Gasteiger partial charge in [0.1, 0.15) is 0 Å². The van der Waals surface area contributed by atoms with Gasteiger partial charge in [0.15, 0.2) is 0 Å². The van der Waals surface area contributed by atoms with Crippen LogP contribution in [0.5, 0.6) is 0 Å². The van der Waals surface area contributed by atoms with E-state index in [-0.39, 0.29) is 5.91 Å². The molecule has 0 spiro atoms. The van der Waals surface area contributed by atoms with E-state index in [1.54, 1.807) is 6.08 Å². The summed E-state index contributed by atoms with van der Waals surface area (Å²) in [5.41, 5.74) is 0. The van der Waals surface area contributed by atoms with Crippen LogP contribution in [0.1, 0.15) is 19.3 Å². The fraction of sp³-hybridized carbons (Fsp3) is 0.727. The first kappa shape index (κ1) is 12.6. The number of carbonyl (C=O) groups is 1. The van der Waals surface area contributed by atoms with Gasteiger partial charge >= 0.3 is 0 Å². The molecule has 2 atom stereocenters. The largest absolute Gasteiger partial charge is 0.352 e. The van der Waals surface area contributed by atoms with Gasteiger partial charge in [-0.1, -0.05) is 6.08 Å². The second-order valence-corrected chi connectivity index (χ2v) is 4.99. The first-order valence-electron chi connectivity index (χ1n) is 5.40. The Kier molecular flexibility index (Phi) is 5.79. The molecule has 1 saturated carbocycles. The van der Waals surface area contributed by atoms with Gasteiger partial charge in [-0.25, -0.2) is 0 Å². The number of carbonyl (C=O) groups excluding carboxylic acids is 1. The molecule has 0 saturated heterocycles. The van der Waals surface area contributed by atoms with Crippen molar-refractivity contribution in [2.75, 3.05) is 19.3 Å². The molecule has 2 unspecified atom stereocenters. The second kappa shape index (κ2) is 6.90. The molecule has 15 heavy (non-hydrogen) atoms. The van der Waals surface area contributed by atoms with Crippen molar-refractivity contribution in [2.45, 2.75) is 30.6 Å². The van der Waals surface area contributed by atoms with E-state index in [0.717, 1.165) is 18.1 Å². The second-order valence-electron chi connectivity index (χ2n) is 3.85. The number of amides is 1. The normalized spacial score (nSPS) is 25.1. The Bertz CT molecular complexity index is 221. The predicted octanol–water partition coefficient (Wildman–Crippen LogP) is 1.16. The molecule has 2 N–H and O–H groups in total. The molecular formula is C11H20N2OS. The fourth-order valence-electron chi connectivity index (χ4n) is 1.85. The van der Waals surface area contributed by atoms with Crippen LogP contribution in [-0.4, -0.2) is 36.5 Å². The number of hydrogen-bond acceptors (Lipinski definition) is 3. The van der Waals surface area contributed by atoms with Gasteiger partial charge < -0.3 is 10.6 Å². The summed E-state index contributed by atoms with van der Waals surface area (Å²) in [6.07, 6.45) is 7.37. The van der Waals surface area contributed by atoms with Crippen LogP contribution in [0.2, 0.25) is 0 Å². The highest BCUT2D eigenvalue weighted by atomic mass is 32.2. The number of hydrogen-bond donors (Lipinski definition) is 2. The minimum atomic E-state index is 0.101. The Morgan fingerprint density at radius 2 is 2.40 bits per heavy atom. The molecule has 0 aromatic carbocycles. The minimum absolute atomic E-state index is 0.101. The molecule has 0 aliphatic heterocycles. The van der Waals surface area contributed by atoms with Gasteiger partial charge in [0, 0.05) is 17.8 Å². The van der Waals surface area contributed by atoms with Crippen LogP contribution in [-0.2, 0) is 4.79 Å². The third-order valence-corrected chi connectivity index (χ3v) is 3.75. The highest BCUT2D eigenvalue weighted by Gasteiger charge is 2.24. The van der Waals surface area contributed by atoms with Gasteiger partial charge in [0.25, 0.3) is 0 Å². The summed E-state index contributed by atoms with van der Waals surface area (Å²) in [7, 11) is 0. The summed E-state index contributed by atoms with van der Waals surface area (Å²) in [4.78, 5) is 11.5. The molecule has 86 valence electrons. The Balaban J connectivity index is 2.13. The molecule has 0 aromatic heterocycles. The van der Waals surface area contributed by atoms with Crippen molar-refractivity contribution in [3.05, 3.63) is 12.7 Å². The van der Waals surface area contributed by atoms with Gasteiger partial charge in [0.05, 0.1) is 6.54 Å². The lowest BCUT2D eigenvalue weighted by atomic mass is 10.2. The molecule has 0 heterocycles. The number of nitrogens with one attached hydrogen (secondary N) is 2. The summed E-state index contributed by atoms with van der Waals surface area (Å²) in [5.74, 6) is 0.101. The zero-order valence-corrected chi connectivity index (χ0v) is 10.1. The molecule has 3 nitrogen and oxygen atoms in total. The summed E-state index contributed by atoms with van der Waals surface area (Å²) in [5, 5.41) is 6.78. The molecule has 0 radical (unpaired) electrons. The first-order valence-corrected chi connectivity index (χ1v) is 6.68. The quantitative estimate of drug-likeness (QED) is 0.529. The number of rotatable bonds is 6. The molecular weight excluding hydrogens is 208 g/mol. The summed E-state index contributed by atoms with van der Waals surface area (Å²) >= 11 is 1.90. The van der Waals surface area contributed by atoms with E-state index in [4.69, 9.17) is 0 Å². The highest BCUT2D eigenvalue weighted by Crippen LogP contribution is 2.27. The monoisotopic (exact) mass is 228 g/mol. The Morgan fingerprint density at radius 3 is 3.00 bits per heavy atom. The third-order valence-electron chi connectivity index (χ3n) is 2.66. The average Bonchev–Trinajstić information content (AvgIpc) is 2.66. The lowest BCUT2D eigenvalue weighted by Gasteiger charge is -2.12. The highest BCUT2D eigenvalue weighted by molar-refractivity contribution is 7.99. The first-order chi connectivity index (χ1) is 7.26. The van der Waals surface area contributed by atoms with Crippen LogP contribution in [0.4, 0.5) is 0 Å². The van der Waals surface area contributed by atoms with E-state index < -0.39 is 0 Å². The van der Waals surface area contributed by atoms with E-state index in [1.807, 2.05) is 11.8 Å². The molecule has 1 fully saturated rings. The smallest absolute Gasteiger partial charge is 0.234 e. The average molecular weight is 228 g/mol.